The van der Waals surface area contributed by atoms with Crippen molar-refractivity contribution in [2.24, 2.45) is 5.92 Å². The molecule has 7 nitrogen and oxygen atoms in total. The van der Waals surface area contributed by atoms with Crippen LogP contribution in [0.4, 0.5) is 23.3 Å². The summed E-state index contributed by atoms with van der Waals surface area (Å²) >= 11 is 5.66. The molecule has 5 rings (SSSR count). The molecule has 8 heteroatoms. The average Bonchev–Trinajstić information content (AvgIpc) is 2.94. The first-order chi connectivity index (χ1) is 18.0. The van der Waals surface area contributed by atoms with Crippen molar-refractivity contribution in [2.75, 3.05) is 59.3 Å². The highest BCUT2D eigenvalue weighted by molar-refractivity contribution is 7.80. The minimum atomic E-state index is 0.0814. The van der Waals surface area contributed by atoms with Gasteiger partial charge in [-0.25, -0.2) is 0 Å². The van der Waals surface area contributed by atoms with Crippen molar-refractivity contribution in [3.63, 3.8) is 0 Å². The maximum absolute atomic E-state index is 5.66. The first-order valence-corrected chi connectivity index (χ1v) is 13.8. The van der Waals surface area contributed by atoms with E-state index in [1.54, 1.807) is 0 Å². The van der Waals surface area contributed by atoms with Crippen LogP contribution in [0.3, 0.4) is 0 Å². The maximum Gasteiger partial charge on any atom is 0.232 e. The first-order valence-electron chi connectivity index (χ1n) is 13.4. The van der Waals surface area contributed by atoms with E-state index >= 15 is 0 Å². The normalized spacial score (nSPS) is 18.9. The molecule has 3 heterocycles. The highest BCUT2D eigenvalue weighted by Gasteiger charge is 2.23. The molecule has 1 aromatic heterocycles. The van der Waals surface area contributed by atoms with Gasteiger partial charge in [-0.15, -0.1) is 0 Å². The molecule has 2 N–H and O–H groups in total. The fourth-order valence-corrected chi connectivity index (χ4v) is 5.46. The van der Waals surface area contributed by atoms with Crippen LogP contribution in [0.25, 0.3) is 0 Å². The lowest BCUT2D eigenvalue weighted by atomic mass is 10.0. The standard InChI is InChI=1S/C29H37N7S/c1-22-10-9-15-36(21-22)27-20-26(35-18-16-34(17-19-35)25-13-7-4-8-14-25)31-28(32-27)33-29(37)30-23(2)24-11-5-3-6-12-24/h3-8,11-14,20,22-23H,9-10,15-19,21H2,1-2H3,(H2,30,31,32,33,37)/t22-,23-/m0/s1. The number of thiocarbonyl (C=S) groups is 1. The van der Waals surface area contributed by atoms with Crippen molar-refractivity contribution in [3.8, 4) is 0 Å². The largest absolute Gasteiger partial charge is 0.368 e. The van der Waals surface area contributed by atoms with Crippen LogP contribution in [0.15, 0.2) is 66.7 Å². The zero-order valence-electron chi connectivity index (χ0n) is 21.8. The second kappa shape index (κ2) is 11.8. The fourth-order valence-electron chi connectivity index (χ4n) is 5.19. The first kappa shape index (κ1) is 25.3. The summed E-state index contributed by atoms with van der Waals surface area (Å²) in [5.41, 5.74) is 2.46. The number of anilines is 4. The molecular formula is C29H37N7S. The summed E-state index contributed by atoms with van der Waals surface area (Å²) in [5, 5.41) is 7.19. The molecule has 194 valence electrons. The van der Waals surface area contributed by atoms with Crippen LogP contribution < -0.4 is 25.3 Å². The van der Waals surface area contributed by atoms with Gasteiger partial charge in [0.2, 0.25) is 5.95 Å². The Bertz CT molecular complexity index is 1170. The molecular weight excluding hydrogens is 478 g/mol. The molecule has 0 bridgehead atoms. The Morgan fingerprint density at radius 2 is 1.49 bits per heavy atom. The van der Waals surface area contributed by atoms with Crippen molar-refractivity contribution in [1.82, 2.24) is 15.3 Å². The zero-order chi connectivity index (χ0) is 25.6. The van der Waals surface area contributed by atoms with Crippen molar-refractivity contribution in [1.29, 1.82) is 0 Å². The van der Waals surface area contributed by atoms with E-state index in [1.165, 1.54) is 24.1 Å². The Hall–Kier alpha value is -3.39. The van der Waals surface area contributed by atoms with Gasteiger partial charge in [-0.05, 0) is 55.6 Å². The topological polar surface area (TPSA) is 59.6 Å². The fraction of sp³-hybridized carbons (Fsp3) is 0.414. The number of nitrogens with zero attached hydrogens (tertiary/aromatic N) is 5. The van der Waals surface area contributed by atoms with E-state index in [0.29, 0.717) is 17.0 Å². The second-order valence-electron chi connectivity index (χ2n) is 10.1. The lowest BCUT2D eigenvalue weighted by Crippen LogP contribution is -2.47. The quantitative estimate of drug-likeness (QED) is 0.441. The van der Waals surface area contributed by atoms with Crippen LogP contribution in [0, 0.1) is 5.92 Å². The number of piperidine rings is 1. The summed E-state index contributed by atoms with van der Waals surface area (Å²) in [7, 11) is 0. The third kappa shape index (κ3) is 6.49. The number of para-hydroxylation sites is 1. The minimum absolute atomic E-state index is 0.0814. The summed E-state index contributed by atoms with van der Waals surface area (Å²) in [4.78, 5) is 17.0. The smallest absolute Gasteiger partial charge is 0.232 e. The van der Waals surface area contributed by atoms with Gasteiger partial charge in [0.15, 0.2) is 5.11 Å². The lowest BCUT2D eigenvalue weighted by molar-refractivity contribution is 0.444. The summed E-state index contributed by atoms with van der Waals surface area (Å²) in [6, 6.07) is 23.2. The zero-order valence-corrected chi connectivity index (χ0v) is 22.6. The molecule has 3 aromatic rings. The van der Waals surface area contributed by atoms with E-state index in [9.17, 15) is 0 Å². The Kier molecular flexibility index (Phi) is 8.04. The van der Waals surface area contributed by atoms with E-state index in [4.69, 9.17) is 22.2 Å². The second-order valence-corrected chi connectivity index (χ2v) is 10.6. The molecule has 0 amide bonds. The third-order valence-electron chi connectivity index (χ3n) is 7.28. The van der Waals surface area contributed by atoms with E-state index in [0.717, 1.165) is 50.9 Å². The minimum Gasteiger partial charge on any atom is -0.368 e. The molecule has 37 heavy (non-hydrogen) atoms. The Morgan fingerprint density at radius 3 is 2.16 bits per heavy atom. The molecule has 2 aliphatic rings. The number of hydrogen-bond acceptors (Lipinski definition) is 6. The number of piperazine rings is 1. The van der Waals surface area contributed by atoms with Gasteiger partial charge < -0.3 is 25.3 Å². The van der Waals surface area contributed by atoms with Gasteiger partial charge in [0.1, 0.15) is 11.6 Å². The number of rotatable bonds is 6. The van der Waals surface area contributed by atoms with Crippen molar-refractivity contribution in [3.05, 3.63) is 72.3 Å². The number of benzene rings is 2. The molecule has 0 unspecified atom stereocenters. The monoisotopic (exact) mass is 515 g/mol. The maximum atomic E-state index is 5.66. The summed E-state index contributed by atoms with van der Waals surface area (Å²) in [6.45, 7) is 10.2. The number of hydrogen-bond donors (Lipinski definition) is 2. The van der Waals surface area contributed by atoms with Crippen molar-refractivity contribution >= 4 is 40.6 Å². The Morgan fingerprint density at radius 1 is 0.865 bits per heavy atom. The Labute approximate surface area is 225 Å². The van der Waals surface area contributed by atoms with Gasteiger partial charge in [0.05, 0.1) is 6.04 Å². The molecule has 2 aromatic carbocycles. The van der Waals surface area contributed by atoms with Crippen LogP contribution in [0.2, 0.25) is 0 Å². The molecule has 0 saturated carbocycles. The van der Waals surface area contributed by atoms with E-state index in [2.05, 4.69) is 87.7 Å². The average molecular weight is 516 g/mol. The molecule has 2 fully saturated rings. The lowest BCUT2D eigenvalue weighted by Gasteiger charge is -2.37. The summed E-state index contributed by atoms with van der Waals surface area (Å²) in [5.74, 6) is 3.14. The van der Waals surface area contributed by atoms with Crippen LogP contribution >= 0.6 is 12.2 Å². The van der Waals surface area contributed by atoms with Gasteiger partial charge in [-0.1, -0.05) is 55.5 Å². The Balaban J connectivity index is 1.32. The van der Waals surface area contributed by atoms with Gasteiger partial charge in [-0.3, -0.25) is 0 Å². The predicted molar refractivity (Wildman–Crippen MR) is 158 cm³/mol. The van der Waals surface area contributed by atoms with E-state index in [-0.39, 0.29) is 6.04 Å². The molecule has 2 saturated heterocycles. The van der Waals surface area contributed by atoms with Gasteiger partial charge in [-0.2, -0.15) is 9.97 Å². The SMILES string of the molecule is C[C@H]1CCCN(c2cc(N3CCN(c4ccccc4)CC3)nc(NC(=S)N[C@@H](C)c3ccccc3)n2)C1. The van der Waals surface area contributed by atoms with Crippen molar-refractivity contribution in [2.45, 2.75) is 32.7 Å². The summed E-state index contributed by atoms with van der Waals surface area (Å²) < 4.78 is 0. The van der Waals surface area contributed by atoms with E-state index < -0.39 is 0 Å². The summed E-state index contributed by atoms with van der Waals surface area (Å²) in [6.07, 6.45) is 2.46. The van der Waals surface area contributed by atoms with Crippen LogP contribution in [0.5, 0.6) is 0 Å². The molecule has 0 spiro atoms. The highest BCUT2D eigenvalue weighted by Crippen LogP contribution is 2.27. The highest BCUT2D eigenvalue weighted by atomic mass is 32.1. The van der Waals surface area contributed by atoms with Gasteiger partial charge >= 0.3 is 0 Å². The molecule has 2 atom stereocenters. The molecule has 0 aliphatic carbocycles. The van der Waals surface area contributed by atoms with Gasteiger partial charge in [0, 0.05) is 51.0 Å². The number of aromatic nitrogens is 2. The van der Waals surface area contributed by atoms with Crippen LogP contribution in [-0.2, 0) is 0 Å². The molecule has 0 radical (unpaired) electrons. The van der Waals surface area contributed by atoms with Crippen LogP contribution in [-0.4, -0.2) is 54.3 Å². The predicted octanol–water partition coefficient (Wildman–Crippen LogP) is 5.09. The van der Waals surface area contributed by atoms with Crippen molar-refractivity contribution < 1.29 is 0 Å². The van der Waals surface area contributed by atoms with Gasteiger partial charge in [0.25, 0.3) is 0 Å². The third-order valence-corrected chi connectivity index (χ3v) is 7.50. The van der Waals surface area contributed by atoms with E-state index in [1.807, 2.05) is 18.2 Å². The van der Waals surface area contributed by atoms with Crippen LogP contribution in [0.1, 0.15) is 38.3 Å². The molecule has 2 aliphatic heterocycles. The number of nitrogens with one attached hydrogen (secondary N) is 2.